The molecule has 0 fully saturated rings. The third-order valence-electron chi connectivity index (χ3n) is 1.66. The minimum atomic E-state index is -0.817. The van der Waals surface area contributed by atoms with E-state index in [4.69, 9.17) is 4.74 Å². The van der Waals surface area contributed by atoms with Gasteiger partial charge in [0, 0.05) is 11.3 Å². The predicted octanol–water partition coefficient (Wildman–Crippen LogP) is 1.37. The first-order chi connectivity index (χ1) is 6.02. The minimum Gasteiger partial charge on any atom is -0.455 e. The Morgan fingerprint density at radius 3 is 2.54 bits per heavy atom. The van der Waals surface area contributed by atoms with Gasteiger partial charge in [-0.05, 0) is 6.92 Å². The van der Waals surface area contributed by atoms with E-state index in [2.05, 4.69) is 15.9 Å². The quantitative estimate of drug-likeness (QED) is 0.321. The number of hydrogen-bond donors (Lipinski definition) is 0. The largest absolute Gasteiger partial charge is 0.455 e. The van der Waals surface area contributed by atoms with Crippen LogP contribution in [0.25, 0.3) is 0 Å². The lowest BCUT2D eigenvalue weighted by Gasteiger charge is -2.15. The van der Waals surface area contributed by atoms with Crippen molar-refractivity contribution in [3.05, 3.63) is 10.1 Å². The highest BCUT2D eigenvalue weighted by Crippen LogP contribution is 2.07. The van der Waals surface area contributed by atoms with Crippen molar-refractivity contribution in [1.29, 1.82) is 0 Å². The van der Waals surface area contributed by atoms with Crippen LogP contribution in [0.4, 0.5) is 0 Å². The summed E-state index contributed by atoms with van der Waals surface area (Å²) in [5.74, 6) is -0.479. The summed E-state index contributed by atoms with van der Waals surface area (Å²) in [5, 5.41) is 10.5. The Morgan fingerprint density at radius 1 is 1.69 bits per heavy atom. The van der Waals surface area contributed by atoms with Crippen molar-refractivity contribution in [3.63, 3.8) is 0 Å². The van der Waals surface area contributed by atoms with Crippen LogP contribution >= 0.6 is 15.9 Å². The van der Waals surface area contributed by atoms with Gasteiger partial charge in [-0.1, -0.05) is 22.9 Å². The lowest BCUT2D eigenvalue weighted by atomic mass is 10.1. The summed E-state index contributed by atoms with van der Waals surface area (Å²) in [6.45, 7) is 3.21. The fourth-order valence-corrected chi connectivity index (χ4v) is 1.10. The van der Waals surface area contributed by atoms with E-state index in [1.54, 1.807) is 6.92 Å². The van der Waals surface area contributed by atoms with Gasteiger partial charge in [-0.2, -0.15) is 0 Å². The molecule has 0 saturated carbocycles. The molecule has 0 aliphatic heterocycles. The topological polar surface area (TPSA) is 69.4 Å². The summed E-state index contributed by atoms with van der Waals surface area (Å²) >= 11 is 2.91. The molecule has 0 saturated heterocycles. The van der Waals surface area contributed by atoms with E-state index in [1.807, 2.05) is 0 Å². The van der Waals surface area contributed by atoms with Gasteiger partial charge in [0.05, 0.1) is 0 Å². The Hall–Kier alpha value is -0.650. The number of hydrogen-bond acceptors (Lipinski definition) is 4. The SMILES string of the molecule is CCC(C(C)OC(=O)CBr)[N+](=O)[O-]. The molecule has 0 aromatic rings. The van der Waals surface area contributed by atoms with E-state index in [0.29, 0.717) is 6.42 Å². The highest BCUT2D eigenvalue weighted by Gasteiger charge is 2.28. The van der Waals surface area contributed by atoms with Crippen molar-refractivity contribution in [3.8, 4) is 0 Å². The second kappa shape index (κ2) is 5.90. The summed E-state index contributed by atoms with van der Waals surface area (Å²) in [7, 11) is 0. The van der Waals surface area contributed by atoms with Gasteiger partial charge in [0.15, 0.2) is 6.10 Å². The van der Waals surface area contributed by atoms with E-state index in [-0.39, 0.29) is 5.33 Å². The second-order valence-corrected chi connectivity index (χ2v) is 3.15. The summed E-state index contributed by atoms with van der Waals surface area (Å²) in [5.41, 5.74) is 0. The van der Waals surface area contributed by atoms with E-state index in [0.717, 1.165) is 0 Å². The molecule has 2 unspecified atom stereocenters. The van der Waals surface area contributed by atoms with Crippen molar-refractivity contribution in [1.82, 2.24) is 0 Å². The molecular formula is C7H12BrNO4. The molecule has 0 bridgehead atoms. The third kappa shape index (κ3) is 4.21. The summed E-state index contributed by atoms with van der Waals surface area (Å²) in [6, 6.07) is -0.817. The van der Waals surface area contributed by atoms with Crippen molar-refractivity contribution in [2.75, 3.05) is 5.33 Å². The molecule has 76 valence electrons. The Morgan fingerprint density at radius 2 is 2.23 bits per heavy atom. The molecule has 0 aromatic carbocycles. The monoisotopic (exact) mass is 253 g/mol. The first-order valence-corrected chi connectivity index (χ1v) is 5.04. The summed E-state index contributed by atoms with van der Waals surface area (Å²) in [6.07, 6.45) is -0.325. The molecule has 6 heteroatoms. The lowest BCUT2D eigenvalue weighted by molar-refractivity contribution is -0.533. The van der Waals surface area contributed by atoms with Crippen molar-refractivity contribution in [2.45, 2.75) is 32.4 Å². The molecule has 13 heavy (non-hydrogen) atoms. The van der Waals surface area contributed by atoms with E-state index in [1.165, 1.54) is 6.92 Å². The minimum absolute atomic E-state index is 0.0610. The zero-order valence-corrected chi connectivity index (χ0v) is 9.11. The lowest BCUT2D eigenvalue weighted by Crippen LogP contribution is -2.34. The number of ether oxygens (including phenoxy) is 1. The smallest absolute Gasteiger partial charge is 0.317 e. The summed E-state index contributed by atoms with van der Waals surface area (Å²) in [4.78, 5) is 20.8. The number of nitro groups is 1. The van der Waals surface area contributed by atoms with Crippen molar-refractivity contribution in [2.24, 2.45) is 0 Å². The number of halogens is 1. The molecule has 0 rings (SSSR count). The standard InChI is InChI=1S/C7H12BrNO4/c1-3-6(9(11)12)5(2)13-7(10)4-8/h5-6H,3-4H2,1-2H3. The van der Waals surface area contributed by atoms with Gasteiger partial charge in [0.25, 0.3) is 0 Å². The second-order valence-electron chi connectivity index (χ2n) is 2.59. The summed E-state index contributed by atoms with van der Waals surface area (Å²) < 4.78 is 4.79. The first-order valence-electron chi connectivity index (χ1n) is 3.91. The van der Waals surface area contributed by atoms with E-state index < -0.39 is 23.0 Å². The van der Waals surface area contributed by atoms with Gasteiger partial charge in [0.2, 0.25) is 6.04 Å². The number of nitrogens with zero attached hydrogens (tertiary/aromatic N) is 1. The molecule has 0 heterocycles. The molecule has 0 spiro atoms. The van der Waals surface area contributed by atoms with Gasteiger partial charge < -0.3 is 4.74 Å². The van der Waals surface area contributed by atoms with Gasteiger partial charge in [0.1, 0.15) is 5.33 Å². The molecule has 0 radical (unpaired) electrons. The van der Waals surface area contributed by atoms with Crippen molar-refractivity contribution < 1.29 is 14.5 Å². The Labute approximate surface area is 84.7 Å². The molecule has 2 atom stereocenters. The maximum Gasteiger partial charge on any atom is 0.317 e. The normalized spacial score (nSPS) is 14.7. The van der Waals surface area contributed by atoms with Gasteiger partial charge >= 0.3 is 5.97 Å². The van der Waals surface area contributed by atoms with Gasteiger partial charge in [-0.15, -0.1) is 0 Å². The number of alkyl halides is 1. The molecular weight excluding hydrogens is 242 g/mol. The number of esters is 1. The molecule has 0 aliphatic rings. The average Bonchev–Trinajstić information content (AvgIpc) is 2.04. The van der Waals surface area contributed by atoms with Crippen LogP contribution in [-0.2, 0) is 9.53 Å². The number of carbonyl (C=O) groups is 1. The Balaban J connectivity index is 4.13. The molecule has 5 nitrogen and oxygen atoms in total. The van der Waals surface area contributed by atoms with E-state index in [9.17, 15) is 14.9 Å². The highest BCUT2D eigenvalue weighted by atomic mass is 79.9. The van der Waals surface area contributed by atoms with Gasteiger partial charge in [-0.25, -0.2) is 0 Å². The van der Waals surface area contributed by atoms with Gasteiger partial charge in [-0.3, -0.25) is 14.9 Å². The van der Waals surface area contributed by atoms with Crippen LogP contribution in [0.1, 0.15) is 20.3 Å². The van der Waals surface area contributed by atoms with Crippen LogP contribution in [0.15, 0.2) is 0 Å². The molecule has 0 aromatic heterocycles. The highest BCUT2D eigenvalue weighted by molar-refractivity contribution is 9.09. The fourth-order valence-electron chi connectivity index (χ4n) is 0.970. The Kier molecular flexibility index (Phi) is 5.61. The molecule has 0 aliphatic carbocycles. The molecule has 0 N–H and O–H groups in total. The number of rotatable bonds is 5. The average molecular weight is 254 g/mol. The van der Waals surface area contributed by atoms with Crippen LogP contribution in [0.3, 0.4) is 0 Å². The van der Waals surface area contributed by atoms with Crippen molar-refractivity contribution >= 4 is 21.9 Å². The number of carbonyl (C=O) groups excluding carboxylic acids is 1. The van der Waals surface area contributed by atoms with Crippen LogP contribution in [-0.4, -0.2) is 28.4 Å². The van der Waals surface area contributed by atoms with E-state index >= 15 is 0 Å². The maximum absolute atomic E-state index is 10.8. The third-order valence-corrected chi connectivity index (χ3v) is 2.12. The van der Waals surface area contributed by atoms with Crippen LogP contribution in [0.5, 0.6) is 0 Å². The van der Waals surface area contributed by atoms with Crippen LogP contribution in [0, 0.1) is 10.1 Å². The zero-order valence-electron chi connectivity index (χ0n) is 7.53. The zero-order chi connectivity index (χ0) is 10.4. The van der Waals surface area contributed by atoms with Crippen LogP contribution in [0.2, 0.25) is 0 Å². The molecule has 0 amide bonds. The predicted molar refractivity (Wildman–Crippen MR) is 50.4 cm³/mol. The maximum atomic E-state index is 10.8. The Bertz CT molecular complexity index is 197. The first kappa shape index (κ1) is 12.3. The van der Waals surface area contributed by atoms with Crippen LogP contribution < -0.4 is 0 Å². The fraction of sp³-hybridized carbons (Fsp3) is 0.857.